The summed E-state index contributed by atoms with van der Waals surface area (Å²) in [6.45, 7) is 23.2. The molecule has 3 rings (SSSR count). The van der Waals surface area contributed by atoms with Crippen LogP contribution in [0.3, 0.4) is 0 Å². The van der Waals surface area contributed by atoms with Crippen molar-refractivity contribution in [2.24, 2.45) is 0 Å². The molecule has 1 radical (unpaired) electrons. The van der Waals surface area contributed by atoms with Crippen LogP contribution in [0.15, 0.2) is 12.1 Å². The summed E-state index contributed by atoms with van der Waals surface area (Å²) in [6, 6.07) is 7.52. The smallest absolute Gasteiger partial charge is 0.399 e. The molecule has 0 spiro atoms. The highest BCUT2D eigenvalue weighted by molar-refractivity contribution is 6.64. The molecule has 0 amide bonds. The zero-order chi connectivity index (χ0) is 21.3. The Labute approximate surface area is 171 Å². The third-order valence-electron chi connectivity index (χ3n) is 6.83. The molecule has 6 heteroatoms. The number of rotatable bonds is 2. The van der Waals surface area contributed by atoms with Crippen molar-refractivity contribution in [3.8, 4) is 0 Å². The zero-order valence-corrected chi connectivity index (χ0v) is 19.4. The van der Waals surface area contributed by atoms with Gasteiger partial charge in [0.05, 0.1) is 22.4 Å². The molecular formula is C22H35B2O4. The summed E-state index contributed by atoms with van der Waals surface area (Å²) in [7, 11) is -0.846. The van der Waals surface area contributed by atoms with Gasteiger partial charge in [0.15, 0.2) is 0 Å². The monoisotopic (exact) mass is 385 g/mol. The summed E-state index contributed by atoms with van der Waals surface area (Å²) in [5.41, 5.74) is 1.49. The van der Waals surface area contributed by atoms with Crippen LogP contribution in [0.25, 0.3) is 0 Å². The van der Waals surface area contributed by atoms with Gasteiger partial charge in [0.25, 0.3) is 0 Å². The van der Waals surface area contributed by atoms with Gasteiger partial charge in [-0.1, -0.05) is 32.9 Å². The maximum absolute atomic E-state index is 6.31. The van der Waals surface area contributed by atoms with Crippen molar-refractivity contribution in [3.05, 3.63) is 23.8 Å². The van der Waals surface area contributed by atoms with Gasteiger partial charge in [-0.2, -0.15) is 0 Å². The van der Waals surface area contributed by atoms with Gasteiger partial charge in [-0.25, -0.2) is 0 Å². The fourth-order valence-corrected chi connectivity index (χ4v) is 3.44. The Kier molecular flexibility index (Phi) is 4.96. The molecule has 2 aliphatic heterocycles. The van der Waals surface area contributed by atoms with Crippen molar-refractivity contribution < 1.29 is 18.6 Å². The summed E-state index contributed by atoms with van der Waals surface area (Å²) in [5, 5.41) is 0. The molecule has 2 fully saturated rings. The fraction of sp³-hybridized carbons (Fsp3) is 0.727. The quantitative estimate of drug-likeness (QED) is 0.732. The van der Waals surface area contributed by atoms with Crippen LogP contribution < -0.4 is 10.9 Å². The molecule has 0 saturated carbocycles. The van der Waals surface area contributed by atoms with E-state index in [-0.39, 0.29) is 27.8 Å². The first kappa shape index (κ1) is 21.9. The normalized spacial score (nSPS) is 25.4. The zero-order valence-electron chi connectivity index (χ0n) is 19.4. The van der Waals surface area contributed by atoms with E-state index in [0.29, 0.717) is 0 Å². The van der Waals surface area contributed by atoms with Crippen molar-refractivity contribution in [2.75, 3.05) is 0 Å². The second-order valence-corrected chi connectivity index (χ2v) is 11.2. The van der Waals surface area contributed by atoms with Crippen LogP contribution in [0.1, 0.15) is 81.7 Å². The Hall–Kier alpha value is -0.810. The molecular weight excluding hydrogens is 350 g/mol. The molecule has 1 aromatic rings. The van der Waals surface area contributed by atoms with Gasteiger partial charge in [0.2, 0.25) is 0 Å². The largest absolute Gasteiger partial charge is 0.495 e. The Morgan fingerprint density at radius 3 is 1.50 bits per heavy atom. The standard InChI is InChI=1S/C22H35B2O4/c1-18(2,3)16-14-15(23-25-19(4,5)20(6,7)26-23)12-13-17(16)24-27-21(8,9)22(10,11)28-24/h13-14H,1-11H3. The van der Waals surface area contributed by atoms with Gasteiger partial charge < -0.3 is 18.6 Å². The fourth-order valence-electron chi connectivity index (χ4n) is 3.44. The first-order valence-corrected chi connectivity index (χ1v) is 10.2. The highest BCUT2D eigenvalue weighted by Crippen LogP contribution is 2.38. The molecule has 2 aliphatic rings. The summed E-state index contributed by atoms with van der Waals surface area (Å²) >= 11 is 0. The minimum Gasteiger partial charge on any atom is -0.399 e. The molecule has 4 nitrogen and oxygen atoms in total. The number of hydrogen-bond donors (Lipinski definition) is 0. The molecule has 2 heterocycles. The molecule has 0 unspecified atom stereocenters. The van der Waals surface area contributed by atoms with Crippen LogP contribution in [0.4, 0.5) is 0 Å². The van der Waals surface area contributed by atoms with E-state index in [9.17, 15) is 0 Å². The van der Waals surface area contributed by atoms with Gasteiger partial charge >= 0.3 is 14.2 Å². The summed E-state index contributed by atoms with van der Waals surface area (Å²) in [4.78, 5) is 0. The van der Waals surface area contributed by atoms with E-state index in [1.165, 1.54) is 0 Å². The van der Waals surface area contributed by atoms with Crippen LogP contribution in [-0.4, -0.2) is 36.6 Å². The Bertz CT molecular complexity index is 730. The summed E-state index contributed by atoms with van der Waals surface area (Å²) in [5.74, 6) is 0. The molecule has 2 saturated heterocycles. The van der Waals surface area contributed by atoms with Crippen LogP contribution in [-0.2, 0) is 24.0 Å². The molecule has 0 bridgehead atoms. The Morgan fingerprint density at radius 1 is 0.714 bits per heavy atom. The molecule has 0 atom stereocenters. The van der Waals surface area contributed by atoms with E-state index in [1.807, 2.05) is 6.07 Å². The third-order valence-corrected chi connectivity index (χ3v) is 6.83. The summed E-state index contributed by atoms with van der Waals surface area (Å²) < 4.78 is 25.1. The van der Waals surface area contributed by atoms with Crippen LogP contribution in [0.2, 0.25) is 0 Å². The first-order valence-electron chi connectivity index (χ1n) is 10.2. The maximum Gasteiger partial charge on any atom is 0.495 e. The molecule has 153 valence electrons. The molecule has 28 heavy (non-hydrogen) atoms. The van der Waals surface area contributed by atoms with Gasteiger partial charge in [0, 0.05) is 0 Å². The van der Waals surface area contributed by atoms with Gasteiger partial charge in [-0.15, -0.1) is 0 Å². The minimum atomic E-state index is -0.432. The SMILES string of the molecule is CC(C)(C)c1cc(B2OC(C)(C)C(C)(C)O2)[c]cc1B1OC(C)(C)C(C)(C)O1. The lowest BCUT2D eigenvalue weighted by atomic mass is 9.66. The van der Waals surface area contributed by atoms with E-state index in [1.54, 1.807) is 0 Å². The van der Waals surface area contributed by atoms with E-state index in [2.05, 4.69) is 88.3 Å². The van der Waals surface area contributed by atoms with Crippen molar-refractivity contribution in [2.45, 2.75) is 104 Å². The maximum atomic E-state index is 6.31. The third kappa shape index (κ3) is 3.58. The van der Waals surface area contributed by atoms with Gasteiger partial charge in [-0.3, -0.25) is 0 Å². The predicted octanol–water partition coefficient (Wildman–Crippen LogP) is 3.38. The van der Waals surface area contributed by atoms with Crippen molar-refractivity contribution >= 4 is 25.2 Å². The van der Waals surface area contributed by atoms with Crippen molar-refractivity contribution in [1.82, 2.24) is 0 Å². The number of hydrogen-bond acceptors (Lipinski definition) is 4. The van der Waals surface area contributed by atoms with Crippen molar-refractivity contribution in [3.63, 3.8) is 0 Å². The average molecular weight is 385 g/mol. The predicted molar refractivity (Wildman–Crippen MR) is 115 cm³/mol. The van der Waals surface area contributed by atoms with Crippen LogP contribution >= 0.6 is 0 Å². The molecule has 0 aliphatic carbocycles. The topological polar surface area (TPSA) is 36.9 Å². The van der Waals surface area contributed by atoms with Crippen LogP contribution in [0, 0.1) is 6.07 Å². The van der Waals surface area contributed by atoms with Gasteiger partial charge in [0.1, 0.15) is 0 Å². The van der Waals surface area contributed by atoms with E-state index in [4.69, 9.17) is 18.6 Å². The molecule has 0 aromatic heterocycles. The number of benzene rings is 1. The Balaban J connectivity index is 1.99. The lowest BCUT2D eigenvalue weighted by molar-refractivity contribution is 0.00578. The van der Waals surface area contributed by atoms with E-state index >= 15 is 0 Å². The second kappa shape index (κ2) is 6.34. The van der Waals surface area contributed by atoms with E-state index < -0.39 is 14.2 Å². The van der Waals surface area contributed by atoms with E-state index in [0.717, 1.165) is 16.5 Å². The lowest BCUT2D eigenvalue weighted by Gasteiger charge is -2.32. The molecule has 1 aromatic carbocycles. The highest BCUT2D eigenvalue weighted by atomic mass is 16.7. The highest BCUT2D eigenvalue weighted by Gasteiger charge is 2.54. The lowest BCUT2D eigenvalue weighted by Crippen LogP contribution is -2.43. The average Bonchev–Trinajstić information content (AvgIpc) is 2.85. The second-order valence-electron chi connectivity index (χ2n) is 11.2. The van der Waals surface area contributed by atoms with Crippen molar-refractivity contribution in [1.29, 1.82) is 0 Å². The Morgan fingerprint density at radius 2 is 1.11 bits per heavy atom. The first-order chi connectivity index (χ1) is 12.5. The molecule has 0 N–H and O–H groups in total. The summed E-state index contributed by atoms with van der Waals surface area (Å²) in [6.07, 6.45) is 0. The minimum absolute atomic E-state index is 0.0909. The van der Waals surface area contributed by atoms with Crippen LogP contribution in [0.5, 0.6) is 0 Å². The van der Waals surface area contributed by atoms with Gasteiger partial charge in [-0.05, 0) is 83.4 Å².